The number of furan rings is 1. The molecule has 0 aliphatic rings. The summed E-state index contributed by atoms with van der Waals surface area (Å²) in [5.74, 6) is -0.240. The van der Waals surface area contributed by atoms with Gasteiger partial charge in [0.15, 0.2) is 5.76 Å². The van der Waals surface area contributed by atoms with E-state index in [1.807, 2.05) is 12.1 Å². The van der Waals surface area contributed by atoms with Gasteiger partial charge in [0.1, 0.15) is 0 Å². The minimum absolute atomic E-state index is 0.138. The Morgan fingerprint density at radius 1 is 1.00 bits per heavy atom. The lowest BCUT2D eigenvalue weighted by atomic mass is 10.2. The number of nitrogens with one attached hydrogen (secondary N) is 2. The Bertz CT molecular complexity index is 1100. The fraction of sp³-hybridized carbons (Fsp3) is 0.143. The molecule has 142 valence electrons. The Morgan fingerprint density at radius 3 is 2.75 bits per heavy atom. The van der Waals surface area contributed by atoms with Gasteiger partial charge in [0.05, 0.1) is 16.1 Å². The van der Waals surface area contributed by atoms with E-state index in [1.54, 1.807) is 24.3 Å². The van der Waals surface area contributed by atoms with Gasteiger partial charge in [-0.2, -0.15) is 0 Å². The summed E-state index contributed by atoms with van der Waals surface area (Å²) >= 11 is 1.23. The minimum Gasteiger partial charge on any atom is -0.459 e. The first-order valence-corrected chi connectivity index (χ1v) is 9.79. The van der Waals surface area contributed by atoms with Gasteiger partial charge in [-0.25, -0.2) is 0 Å². The van der Waals surface area contributed by atoms with E-state index in [-0.39, 0.29) is 17.6 Å². The van der Waals surface area contributed by atoms with Crippen molar-refractivity contribution in [3.05, 3.63) is 77.7 Å². The maximum Gasteiger partial charge on any atom is 0.291 e. The lowest BCUT2D eigenvalue weighted by Gasteiger charge is -2.06. The highest BCUT2D eigenvalue weighted by atomic mass is 32.1. The van der Waals surface area contributed by atoms with Gasteiger partial charge < -0.3 is 19.6 Å². The molecule has 4 rings (SSSR count). The highest BCUT2D eigenvalue weighted by Crippen LogP contribution is 2.22. The Morgan fingerprint density at radius 2 is 1.89 bits per heavy atom. The number of aromatic nitrogens is 1. The molecule has 0 aliphatic heterocycles. The van der Waals surface area contributed by atoms with Crippen LogP contribution in [0.25, 0.3) is 10.9 Å². The molecule has 2 N–H and O–H groups in total. The molecule has 2 amide bonds. The molecular weight excluding hydrogens is 374 g/mol. The zero-order valence-electron chi connectivity index (χ0n) is 15.1. The molecule has 0 radical (unpaired) electrons. The summed E-state index contributed by atoms with van der Waals surface area (Å²) in [6, 6.07) is 17.0. The number of amides is 2. The zero-order chi connectivity index (χ0) is 19.3. The van der Waals surface area contributed by atoms with Crippen LogP contribution in [-0.2, 0) is 6.54 Å². The molecule has 0 atom stereocenters. The maximum absolute atomic E-state index is 12.3. The number of para-hydroxylation sites is 1. The topological polar surface area (TPSA) is 76.3 Å². The predicted molar refractivity (Wildman–Crippen MR) is 110 cm³/mol. The van der Waals surface area contributed by atoms with Gasteiger partial charge in [-0.15, -0.1) is 11.3 Å². The number of carbonyl (C=O) groups is 2. The first-order chi connectivity index (χ1) is 13.7. The summed E-state index contributed by atoms with van der Waals surface area (Å²) < 4.78 is 7.25. The molecule has 0 unspecified atom stereocenters. The molecule has 28 heavy (non-hydrogen) atoms. The monoisotopic (exact) mass is 393 g/mol. The summed E-state index contributed by atoms with van der Waals surface area (Å²) in [5.41, 5.74) is 1.20. The van der Waals surface area contributed by atoms with E-state index < -0.39 is 0 Å². The maximum atomic E-state index is 12.3. The van der Waals surface area contributed by atoms with Gasteiger partial charge in [0.2, 0.25) is 0 Å². The lowest BCUT2D eigenvalue weighted by molar-refractivity contribution is 0.0955. The molecule has 3 heterocycles. The van der Waals surface area contributed by atoms with Gasteiger partial charge in [0, 0.05) is 24.8 Å². The molecule has 0 fully saturated rings. The molecule has 0 saturated heterocycles. The van der Waals surface area contributed by atoms with Crippen LogP contribution in [0, 0.1) is 0 Å². The second-order valence-electron chi connectivity index (χ2n) is 6.27. The Hall–Kier alpha value is -3.32. The van der Waals surface area contributed by atoms with E-state index in [0.717, 1.165) is 13.0 Å². The van der Waals surface area contributed by atoms with E-state index >= 15 is 0 Å². The van der Waals surface area contributed by atoms with Crippen LogP contribution in [0.2, 0.25) is 0 Å². The van der Waals surface area contributed by atoms with Gasteiger partial charge in [-0.1, -0.05) is 18.2 Å². The number of carbonyl (C=O) groups excluding carboxylic acids is 2. The van der Waals surface area contributed by atoms with Crippen LogP contribution >= 0.6 is 11.3 Å². The van der Waals surface area contributed by atoms with Crippen molar-refractivity contribution in [1.82, 2.24) is 9.88 Å². The molecule has 0 spiro atoms. The molecule has 3 aromatic heterocycles. The fourth-order valence-corrected chi connectivity index (χ4v) is 3.80. The summed E-state index contributed by atoms with van der Waals surface area (Å²) in [5, 5.41) is 7.47. The molecule has 4 aromatic rings. The van der Waals surface area contributed by atoms with Crippen LogP contribution < -0.4 is 10.6 Å². The first kappa shape index (κ1) is 18.1. The van der Waals surface area contributed by atoms with E-state index in [2.05, 4.69) is 39.6 Å². The summed E-state index contributed by atoms with van der Waals surface area (Å²) in [6.45, 7) is 1.42. The molecular formula is C21H19N3O3S. The van der Waals surface area contributed by atoms with Gasteiger partial charge >= 0.3 is 0 Å². The Labute approximate surface area is 165 Å². The zero-order valence-corrected chi connectivity index (χ0v) is 15.9. The molecule has 1 aromatic carbocycles. The van der Waals surface area contributed by atoms with Crippen molar-refractivity contribution in [3.63, 3.8) is 0 Å². The molecule has 0 aliphatic carbocycles. The number of fused-ring (bicyclic) bond motifs is 1. The summed E-state index contributed by atoms with van der Waals surface area (Å²) in [7, 11) is 0. The van der Waals surface area contributed by atoms with Crippen molar-refractivity contribution in [3.8, 4) is 0 Å². The molecule has 6 nitrogen and oxygen atoms in total. The number of anilines is 1. The van der Waals surface area contributed by atoms with Crippen LogP contribution in [0.15, 0.2) is 71.5 Å². The third-order valence-corrected chi connectivity index (χ3v) is 5.35. The van der Waals surface area contributed by atoms with Crippen molar-refractivity contribution in [2.75, 3.05) is 11.9 Å². The van der Waals surface area contributed by atoms with Crippen LogP contribution in [0.5, 0.6) is 0 Å². The van der Waals surface area contributed by atoms with Crippen molar-refractivity contribution in [2.45, 2.75) is 13.0 Å². The molecule has 0 bridgehead atoms. The second-order valence-corrected chi connectivity index (χ2v) is 7.36. The minimum atomic E-state index is -0.335. The van der Waals surface area contributed by atoms with Crippen LogP contribution in [0.3, 0.4) is 0 Å². The number of aryl methyl sites for hydroxylation is 1. The molecule has 7 heteroatoms. The highest BCUT2D eigenvalue weighted by molar-refractivity contribution is 7.18. The number of rotatable bonds is 7. The van der Waals surface area contributed by atoms with Crippen molar-refractivity contribution < 1.29 is 14.0 Å². The van der Waals surface area contributed by atoms with Gasteiger partial charge in [-0.3, -0.25) is 9.59 Å². The van der Waals surface area contributed by atoms with E-state index in [9.17, 15) is 9.59 Å². The summed E-state index contributed by atoms with van der Waals surface area (Å²) in [6.07, 6.45) is 4.34. The highest BCUT2D eigenvalue weighted by Gasteiger charge is 2.13. The van der Waals surface area contributed by atoms with Crippen LogP contribution in [0.1, 0.15) is 26.6 Å². The normalized spacial score (nSPS) is 10.9. The SMILES string of the molecule is O=C(Nc1ccc(C(=O)NCCCn2ccc3ccccc32)s1)c1ccco1. The Kier molecular flexibility index (Phi) is 5.25. The quantitative estimate of drug-likeness (QED) is 0.458. The largest absolute Gasteiger partial charge is 0.459 e. The Balaban J connectivity index is 1.26. The number of hydrogen-bond donors (Lipinski definition) is 2. The van der Waals surface area contributed by atoms with E-state index in [0.29, 0.717) is 16.4 Å². The second kappa shape index (κ2) is 8.14. The fourth-order valence-electron chi connectivity index (χ4n) is 2.98. The van der Waals surface area contributed by atoms with E-state index in [1.165, 1.54) is 28.5 Å². The molecule has 0 saturated carbocycles. The lowest BCUT2D eigenvalue weighted by Crippen LogP contribution is -2.24. The van der Waals surface area contributed by atoms with Crippen molar-refractivity contribution in [2.24, 2.45) is 0 Å². The van der Waals surface area contributed by atoms with Crippen LogP contribution in [-0.4, -0.2) is 22.9 Å². The third kappa shape index (κ3) is 3.99. The number of benzene rings is 1. The standard InChI is InChI=1S/C21H19N3O3S/c25-20(17-7-3-14-27-17)23-19-9-8-18(28-19)21(26)22-11-4-12-24-13-10-15-5-1-2-6-16(15)24/h1-3,5-10,13-14H,4,11-12H2,(H,22,26)(H,23,25). The average molecular weight is 393 g/mol. The summed E-state index contributed by atoms with van der Waals surface area (Å²) in [4.78, 5) is 24.8. The van der Waals surface area contributed by atoms with Crippen molar-refractivity contribution >= 4 is 39.1 Å². The number of thiophene rings is 1. The van der Waals surface area contributed by atoms with E-state index in [4.69, 9.17) is 4.42 Å². The third-order valence-electron chi connectivity index (χ3n) is 4.35. The predicted octanol–water partition coefficient (Wildman–Crippen LogP) is 4.37. The first-order valence-electron chi connectivity index (χ1n) is 8.97. The van der Waals surface area contributed by atoms with Gasteiger partial charge in [0.25, 0.3) is 11.8 Å². The number of hydrogen-bond acceptors (Lipinski definition) is 4. The van der Waals surface area contributed by atoms with Gasteiger partial charge in [-0.05, 0) is 48.2 Å². The smallest absolute Gasteiger partial charge is 0.291 e. The number of nitrogens with zero attached hydrogens (tertiary/aromatic N) is 1. The van der Waals surface area contributed by atoms with Crippen LogP contribution in [0.4, 0.5) is 5.00 Å². The van der Waals surface area contributed by atoms with Crippen molar-refractivity contribution in [1.29, 1.82) is 0 Å². The average Bonchev–Trinajstić information content (AvgIpc) is 3.45.